The second-order valence-electron chi connectivity index (χ2n) is 10.4. The second kappa shape index (κ2) is 20.3. The van der Waals surface area contributed by atoms with E-state index in [0.717, 1.165) is 6.54 Å². The van der Waals surface area contributed by atoms with Gasteiger partial charge >= 0.3 is 12.2 Å². The molecule has 2 fully saturated rings. The van der Waals surface area contributed by atoms with Crippen LogP contribution < -0.4 is 27.0 Å². The number of nitrogens with zero attached hydrogens (tertiary/aromatic N) is 4. The van der Waals surface area contributed by atoms with Crippen molar-refractivity contribution in [2.45, 2.75) is 32.6 Å². The van der Waals surface area contributed by atoms with E-state index in [4.69, 9.17) is 11.5 Å². The van der Waals surface area contributed by atoms with E-state index in [9.17, 15) is 38.4 Å². The molecule has 49 heavy (non-hydrogen) atoms. The molecule has 2 aliphatic rings. The number of hydroxylamine groups is 4. The summed E-state index contributed by atoms with van der Waals surface area (Å²) >= 11 is 0. The van der Waals surface area contributed by atoms with Crippen molar-refractivity contribution in [2.24, 2.45) is 11.5 Å². The van der Waals surface area contributed by atoms with E-state index in [1.165, 1.54) is 19.2 Å². The molecule has 2 aliphatic heterocycles. The highest BCUT2D eigenvalue weighted by Crippen LogP contribution is 2.23. The van der Waals surface area contributed by atoms with E-state index in [1.54, 1.807) is 49.3 Å². The SMILES string of the molecule is CCN(C)C.CN(C)c1ccc(NC(=O)ON2C(=O)CCC2=O)cc1C(N)=O.CNC(=O)ON1C(=O)CCC1=O.NC(=O)c1ccccc1. The van der Waals surface area contributed by atoms with Crippen LogP contribution in [0.15, 0.2) is 48.5 Å². The zero-order valence-electron chi connectivity index (χ0n) is 28.2. The van der Waals surface area contributed by atoms with E-state index in [-0.39, 0.29) is 42.8 Å². The van der Waals surface area contributed by atoms with Crippen LogP contribution in [-0.4, -0.2) is 104 Å². The van der Waals surface area contributed by atoms with Gasteiger partial charge in [0.15, 0.2) is 0 Å². The van der Waals surface area contributed by atoms with Gasteiger partial charge in [-0.1, -0.05) is 25.1 Å². The summed E-state index contributed by atoms with van der Waals surface area (Å²) in [5, 5.41) is 5.38. The highest BCUT2D eigenvalue weighted by molar-refractivity contribution is 6.03. The molecule has 18 heteroatoms. The minimum absolute atomic E-state index is 0.00939. The molecule has 2 heterocycles. The van der Waals surface area contributed by atoms with Crippen molar-refractivity contribution in [3.8, 4) is 0 Å². The minimum atomic E-state index is -1.01. The van der Waals surface area contributed by atoms with Gasteiger partial charge in [0.25, 0.3) is 29.5 Å². The van der Waals surface area contributed by atoms with Crippen molar-refractivity contribution in [3.05, 3.63) is 59.7 Å². The van der Waals surface area contributed by atoms with Crippen LogP contribution in [0.4, 0.5) is 21.0 Å². The molecule has 0 spiro atoms. The molecule has 0 bridgehead atoms. The number of carbonyl (C=O) groups is 8. The monoisotopic (exact) mass is 686 g/mol. The van der Waals surface area contributed by atoms with Crippen LogP contribution in [-0.2, 0) is 28.9 Å². The Morgan fingerprint density at radius 2 is 1.18 bits per heavy atom. The van der Waals surface area contributed by atoms with Gasteiger partial charge in [-0.2, -0.15) is 0 Å². The summed E-state index contributed by atoms with van der Waals surface area (Å²) in [6, 6.07) is 13.3. The maximum Gasteiger partial charge on any atom is 0.436 e. The van der Waals surface area contributed by atoms with Crippen molar-refractivity contribution in [2.75, 3.05) is 52.0 Å². The smallest absolute Gasteiger partial charge is 0.377 e. The molecule has 0 unspecified atom stereocenters. The maximum absolute atomic E-state index is 11.8. The lowest BCUT2D eigenvalue weighted by atomic mass is 10.1. The standard InChI is InChI=1S/C14H16N4O5.C7H7NO.C6H8N2O4.C4H11N/c1-17(2)10-4-3-8(7-9(10)13(15)21)16-14(22)23-18-11(19)5-6-12(18)20;8-7(9)6-4-2-1-3-5-6;1-7-6(11)12-8-4(9)2-3-5(8)10;1-4-5(2)3/h3-4,7H,5-6H2,1-2H3,(H2,15,21)(H,16,22);1-5H,(H2,8,9);2-3H2,1H3,(H,7,11);4H2,1-3H3. The fraction of sp³-hybridized carbons (Fsp3) is 0.355. The molecule has 0 atom stereocenters. The predicted octanol–water partition coefficient (Wildman–Crippen LogP) is 1.22. The van der Waals surface area contributed by atoms with Crippen LogP contribution in [0.3, 0.4) is 0 Å². The van der Waals surface area contributed by atoms with Crippen LogP contribution >= 0.6 is 0 Å². The van der Waals surface area contributed by atoms with E-state index in [1.807, 2.05) is 6.07 Å². The number of carbonyl (C=O) groups excluding carboxylic acids is 8. The average Bonchev–Trinajstić information content (AvgIpc) is 3.55. The number of anilines is 2. The summed E-state index contributed by atoms with van der Waals surface area (Å²) in [5.41, 5.74) is 11.9. The Morgan fingerprint density at radius 1 is 0.735 bits per heavy atom. The Balaban J connectivity index is 0.000000383. The Hall–Kier alpha value is -6.04. The number of hydrogen-bond donors (Lipinski definition) is 4. The molecule has 0 radical (unpaired) electrons. The summed E-state index contributed by atoms with van der Waals surface area (Å²) in [4.78, 5) is 102. The molecule has 2 aromatic carbocycles. The van der Waals surface area contributed by atoms with Crippen molar-refractivity contribution in [1.29, 1.82) is 0 Å². The Labute approximate surface area is 283 Å². The number of imide groups is 2. The number of hydrogen-bond acceptors (Lipinski definition) is 12. The third-order valence-electron chi connectivity index (χ3n) is 6.25. The summed E-state index contributed by atoms with van der Waals surface area (Å²) in [6.45, 7) is 3.26. The normalized spacial score (nSPS) is 13.2. The van der Waals surface area contributed by atoms with Crippen molar-refractivity contribution in [1.82, 2.24) is 20.3 Å². The van der Waals surface area contributed by atoms with Crippen LogP contribution in [0.1, 0.15) is 53.3 Å². The molecule has 0 aliphatic carbocycles. The van der Waals surface area contributed by atoms with Gasteiger partial charge in [0.2, 0.25) is 5.91 Å². The predicted molar refractivity (Wildman–Crippen MR) is 176 cm³/mol. The Bertz CT molecular complexity index is 1480. The third-order valence-corrected chi connectivity index (χ3v) is 6.25. The fourth-order valence-electron chi connectivity index (χ4n) is 3.47. The van der Waals surface area contributed by atoms with Crippen molar-refractivity contribution < 1.29 is 48.0 Å². The number of nitrogens with one attached hydrogen (secondary N) is 2. The fourth-order valence-corrected chi connectivity index (χ4v) is 3.47. The lowest BCUT2D eigenvalue weighted by Gasteiger charge is -2.17. The number of amides is 8. The van der Waals surface area contributed by atoms with Gasteiger partial charge < -0.3 is 36.3 Å². The maximum atomic E-state index is 11.8. The van der Waals surface area contributed by atoms with Gasteiger partial charge in [-0.15, -0.1) is 10.1 Å². The molecule has 0 aromatic heterocycles. The molecular formula is C31H42N8O10. The van der Waals surface area contributed by atoms with Crippen LogP contribution in [0.25, 0.3) is 0 Å². The molecule has 8 amide bonds. The van der Waals surface area contributed by atoms with Gasteiger partial charge in [0, 0.05) is 63.8 Å². The molecule has 266 valence electrons. The first-order valence-corrected chi connectivity index (χ1v) is 14.7. The Kier molecular flexibility index (Phi) is 16.9. The summed E-state index contributed by atoms with van der Waals surface area (Å²) in [7, 11) is 8.94. The largest absolute Gasteiger partial charge is 0.436 e. The highest BCUT2D eigenvalue weighted by Gasteiger charge is 2.33. The number of nitrogens with two attached hydrogens (primary N) is 2. The van der Waals surface area contributed by atoms with E-state index >= 15 is 0 Å². The average molecular weight is 687 g/mol. The van der Waals surface area contributed by atoms with Gasteiger partial charge in [-0.25, -0.2) is 9.59 Å². The van der Waals surface area contributed by atoms with Crippen LogP contribution in [0, 0.1) is 0 Å². The van der Waals surface area contributed by atoms with Gasteiger partial charge in [0.05, 0.1) is 5.56 Å². The minimum Gasteiger partial charge on any atom is -0.377 e. The molecule has 6 N–H and O–H groups in total. The van der Waals surface area contributed by atoms with Crippen molar-refractivity contribution >= 4 is 59.0 Å². The lowest BCUT2D eigenvalue weighted by Crippen LogP contribution is -2.35. The van der Waals surface area contributed by atoms with Gasteiger partial charge in [0.1, 0.15) is 0 Å². The van der Waals surface area contributed by atoms with E-state index in [2.05, 4.69) is 46.2 Å². The van der Waals surface area contributed by atoms with Gasteiger partial charge in [-0.05, 0) is 51.0 Å². The first-order valence-electron chi connectivity index (χ1n) is 14.7. The second-order valence-corrected chi connectivity index (χ2v) is 10.4. The number of benzene rings is 2. The summed E-state index contributed by atoms with van der Waals surface area (Å²) < 4.78 is 0. The topological polar surface area (TPSA) is 244 Å². The lowest BCUT2D eigenvalue weighted by molar-refractivity contribution is -0.171. The molecule has 18 nitrogen and oxygen atoms in total. The van der Waals surface area contributed by atoms with Crippen LogP contribution in [0.5, 0.6) is 0 Å². The van der Waals surface area contributed by atoms with E-state index in [0.29, 0.717) is 21.4 Å². The van der Waals surface area contributed by atoms with Gasteiger partial charge in [-0.3, -0.25) is 34.1 Å². The first-order chi connectivity index (χ1) is 23.0. The number of primary amides is 2. The zero-order valence-corrected chi connectivity index (χ0v) is 28.2. The van der Waals surface area contributed by atoms with E-state index < -0.39 is 41.7 Å². The summed E-state index contributed by atoms with van der Waals surface area (Å²) in [6.07, 6.45) is -1.60. The van der Waals surface area contributed by atoms with Crippen LogP contribution in [0.2, 0.25) is 0 Å². The number of rotatable bonds is 7. The third kappa shape index (κ3) is 14.1. The molecule has 0 saturated carbocycles. The van der Waals surface area contributed by atoms with Crippen molar-refractivity contribution in [3.63, 3.8) is 0 Å². The molecule has 4 rings (SSSR count). The first kappa shape index (κ1) is 41.0. The quantitative estimate of drug-likeness (QED) is 0.301. The molecule has 2 aromatic rings. The molecule has 2 saturated heterocycles. The molecular weight excluding hydrogens is 644 g/mol. The zero-order chi connectivity index (χ0) is 37.3. The Morgan fingerprint density at radius 3 is 1.53 bits per heavy atom. The highest BCUT2D eigenvalue weighted by atomic mass is 16.7. The summed E-state index contributed by atoms with van der Waals surface area (Å²) in [5.74, 6) is -3.16.